The zero-order valence-electron chi connectivity index (χ0n) is 19.3. The third kappa shape index (κ3) is 4.49. The highest BCUT2D eigenvalue weighted by atomic mass is 35.5. The second-order valence-electron chi connectivity index (χ2n) is 9.29. The van der Waals surface area contributed by atoms with Gasteiger partial charge in [0.2, 0.25) is 0 Å². The van der Waals surface area contributed by atoms with E-state index in [9.17, 15) is 4.79 Å². The lowest BCUT2D eigenvalue weighted by atomic mass is 9.99. The number of Topliss-reactive ketones (excluding diaryl/α,β-unsaturated/α-hetero) is 1. The average Bonchev–Trinajstić information content (AvgIpc) is 3.29. The lowest BCUT2D eigenvalue weighted by Gasteiger charge is -2.39. The SMILES string of the molecule is COc1cccc2c(C(C)=O)cn(CCCN3C4CC[C@H]3CC(Oc3ccc(Cl)cc3)C4)c12. The summed E-state index contributed by atoms with van der Waals surface area (Å²) in [5, 5.41) is 1.71. The van der Waals surface area contributed by atoms with Gasteiger partial charge in [0, 0.05) is 47.3 Å². The van der Waals surface area contributed by atoms with Crippen LogP contribution in [0.25, 0.3) is 10.9 Å². The van der Waals surface area contributed by atoms with Crippen LogP contribution >= 0.6 is 11.6 Å². The van der Waals surface area contributed by atoms with Crippen LogP contribution in [0.3, 0.4) is 0 Å². The number of benzene rings is 2. The maximum absolute atomic E-state index is 12.2. The van der Waals surface area contributed by atoms with Gasteiger partial charge in [-0.25, -0.2) is 0 Å². The molecule has 0 N–H and O–H groups in total. The molecule has 2 saturated heterocycles. The van der Waals surface area contributed by atoms with Gasteiger partial charge in [-0.05, 0) is 69.4 Å². The zero-order valence-corrected chi connectivity index (χ0v) is 20.1. The van der Waals surface area contributed by atoms with E-state index in [0.717, 1.165) is 65.3 Å². The number of rotatable bonds is 8. The molecule has 3 aromatic rings. The monoisotopic (exact) mass is 466 g/mol. The van der Waals surface area contributed by atoms with Gasteiger partial charge in [0.05, 0.1) is 12.6 Å². The number of halogens is 1. The van der Waals surface area contributed by atoms with Crippen molar-refractivity contribution >= 4 is 28.3 Å². The van der Waals surface area contributed by atoms with Crippen molar-refractivity contribution in [1.29, 1.82) is 0 Å². The van der Waals surface area contributed by atoms with Gasteiger partial charge < -0.3 is 14.0 Å². The fourth-order valence-corrected chi connectivity index (χ4v) is 5.89. The molecule has 2 aromatic carbocycles. The molecule has 0 saturated carbocycles. The van der Waals surface area contributed by atoms with Crippen LogP contribution in [0.5, 0.6) is 11.5 Å². The predicted molar refractivity (Wildman–Crippen MR) is 132 cm³/mol. The van der Waals surface area contributed by atoms with Gasteiger partial charge in [0.25, 0.3) is 0 Å². The van der Waals surface area contributed by atoms with E-state index in [1.807, 2.05) is 48.7 Å². The summed E-state index contributed by atoms with van der Waals surface area (Å²) in [4.78, 5) is 14.9. The molecule has 2 bridgehead atoms. The van der Waals surface area contributed by atoms with E-state index in [0.29, 0.717) is 12.1 Å². The number of piperidine rings is 1. The standard InChI is InChI=1S/C27H31ClN2O3/c1-18(31)25-17-29(27-24(25)5-3-6-26(27)32-2)13-4-14-30-20-9-10-21(30)16-23(15-20)33-22-11-7-19(28)8-12-22/h3,5-8,11-12,17,20-21,23H,4,9-10,13-16H2,1-2H3/t20-,21?,23?/m0/s1. The molecule has 0 spiro atoms. The molecular weight excluding hydrogens is 436 g/mol. The van der Waals surface area contributed by atoms with Crippen LogP contribution in [-0.4, -0.2) is 47.1 Å². The number of carbonyl (C=O) groups excluding carboxylic acids is 1. The van der Waals surface area contributed by atoms with E-state index in [2.05, 4.69) is 9.47 Å². The number of nitrogens with zero attached hydrogens (tertiary/aromatic N) is 2. The molecule has 2 aliphatic heterocycles. The Bertz CT molecular complexity index is 1130. The van der Waals surface area contributed by atoms with Crippen molar-refractivity contribution in [2.24, 2.45) is 0 Å². The summed E-state index contributed by atoms with van der Waals surface area (Å²) in [5.41, 5.74) is 1.78. The molecule has 2 aliphatic rings. The molecule has 3 heterocycles. The number of hydrogen-bond acceptors (Lipinski definition) is 4. The smallest absolute Gasteiger partial charge is 0.161 e. The lowest BCUT2D eigenvalue weighted by Crippen LogP contribution is -2.46. The number of carbonyl (C=O) groups is 1. The minimum atomic E-state index is 0.0906. The van der Waals surface area contributed by atoms with Crippen molar-refractivity contribution in [3.8, 4) is 11.5 Å². The average molecular weight is 467 g/mol. The summed E-state index contributed by atoms with van der Waals surface area (Å²) in [7, 11) is 1.69. The van der Waals surface area contributed by atoms with E-state index in [-0.39, 0.29) is 11.9 Å². The maximum Gasteiger partial charge on any atom is 0.161 e. The number of ketones is 1. The van der Waals surface area contributed by atoms with Crippen LogP contribution in [0, 0.1) is 0 Å². The molecule has 0 radical (unpaired) electrons. The van der Waals surface area contributed by atoms with E-state index in [1.54, 1.807) is 14.0 Å². The Labute approximate surface area is 200 Å². The van der Waals surface area contributed by atoms with Crippen molar-refractivity contribution in [3.05, 3.63) is 59.2 Å². The maximum atomic E-state index is 12.2. The van der Waals surface area contributed by atoms with Crippen LogP contribution in [0.1, 0.15) is 49.4 Å². The van der Waals surface area contributed by atoms with Crippen molar-refractivity contribution in [1.82, 2.24) is 9.47 Å². The Kier molecular flexibility index (Phi) is 6.35. The molecule has 174 valence electrons. The van der Waals surface area contributed by atoms with E-state index in [1.165, 1.54) is 12.8 Å². The number of hydrogen-bond donors (Lipinski definition) is 0. The van der Waals surface area contributed by atoms with Gasteiger partial charge in [-0.15, -0.1) is 0 Å². The molecule has 1 aromatic heterocycles. The molecule has 5 nitrogen and oxygen atoms in total. The second-order valence-corrected chi connectivity index (χ2v) is 9.73. The van der Waals surface area contributed by atoms with Gasteiger partial charge in [-0.2, -0.15) is 0 Å². The number of methoxy groups -OCH3 is 1. The van der Waals surface area contributed by atoms with E-state index < -0.39 is 0 Å². The summed E-state index contributed by atoms with van der Waals surface area (Å²) in [6.45, 7) is 3.56. The molecule has 0 aliphatic carbocycles. The highest BCUT2D eigenvalue weighted by Crippen LogP contribution is 2.38. The first-order valence-electron chi connectivity index (χ1n) is 11.9. The first-order valence-corrected chi connectivity index (χ1v) is 12.3. The molecule has 3 atom stereocenters. The highest BCUT2D eigenvalue weighted by molar-refractivity contribution is 6.30. The van der Waals surface area contributed by atoms with Gasteiger partial charge >= 0.3 is 0 Å². The molecule has 33 heavy (non-hydrogen) atoms. The van der Waals surface area contributed by atoms with Gasteiger partial charge in [-0.1, -0.05) is 23.7 Å². The summed E-state index contributed by atoms with van der Waals surface area (Å²) < 4.78 is 14.1. The number of fused-ring (bicyclic) bond motifs is 3. The van der Waals surface area contributed by atoms with Crippen molar-refractivity contribution < 1.29 is 14.3 Å². The summed E-state index contributed by atoms with van der Waals surface area (Å²) in [6, 6.07) is 14.8. The quantitative estimate of drug-likeness (QED) is 0.383. The predicted octanol–water partition coefficient (Wildman–Crippen LogP) is 5.97. The van der Waals surface area contributed by atoms with Gasteiger partial charge in [0.1, 0.15) is 17.6 Å². The fourth-order valence-electron chi connectivity index (χ4n) is 5.76. The Morgan fingerprint density at radius 1 is 1.06 bits per heavy atom. The molecule has 5 rings (SSSR count). The summed E-state index contributed by atoms with van der Waals surface area (Å²) in [5.74, 6) is 1.82. The van der Waals surface area contributed by atoms with Gasteiger partial charge in [-0.3, -0.25) is 9.69 Å². The van der Waals surface area contributed by atoms with Crippen LogP contribution in [0.15, 0.2) is 48.7 Å². The number of para-hydroxylation sites is 1. The molecule has 2 fully saturated rings. The molecular formula is C27H31ClN2O3. The van der Waals surface area contributed by atoms with E-state index in [4.69, 9.17) is 21.1 Å². The fraction of sp³-hybridized carbons (Fsp3) is 0.444. The number of aryl methyl sites for hydroxylation is 1. The molecule has 6 heteroatoms. The third-order valence-electron chi connectivity index (χ3n) is 7.23. The Hall–Kier alpha value is -2.50. The topological polar surface area (TPSA) is 43.7 Å². The Morgan fingerprint density at radius 3 is 2.45 bits per heavy atom. The normalized spacial score (nSPS) is 22.6. The largest absolute Gasteiger partial charge is 0.495 e. The minimum Gasteiger partial charge on any atom is -0.495 e. The number of ether oxygens (including phenoxy) is 2. The number of aromatic nitrogens is 1. The summed E-state index contributed by atoms with van der Waals surface area (Å²) >= 11 is 6.00. The van der Waals surface area contributed by atoms with Crippen molar-refractivity contribution in [2.75, 3.05) is 13.7 Å². The van der Waals surface area contributed by atoms with Crippen molar-refractivity contribution in [2.45, 2.75) is 63.8 Å². The molecule has 2 unspecified atom stereocenters. The summed E-state index contributed by atoms with van der Waals surface area (Å²) in [6.07, 6.45) is 7.96. The Balaban J connectivity index is 1.23. The first kappa shape index (κ1) is 22.3. The van der Waals surface area contributed by atoms with Crippen LogP contribution < -0.4 is 9.47 Å². The van der Waals surface area contributed by atoms with Gasteiger partial charge in [0.15, 0.2) is 5.78 Å². The van der Waals surface area contributed by atoms with Crippen molar-refractivity contribution in [3.63, 3.8) is 0 Å². The van der Waals surface area contributed by atoms with Crippen LogP contribution in [0.2, 0.25) is 5.02 Å². The lowest BCUT2D eigenvalue weighted by molar-refractivity contribution is 0.0482. The minimum absolute atomic E-state index is 0.0906. The second kappa shape index (κ2) is 9.40. The third-order valence-corrected chi connectivity index (χ3v) is 7.49. The van der Waals surface area contributed by atoms with Crippen LogP contribution in [0.4, 0.5) is 0 Å². The molecule has 0 amide bonds. The zero-order chi connectivity index (χ0) is 22.9. The van der Waals surface area contributed by atoms with E-state index >= 15 is 0 Å². The highest BCUT2D eigenvalue weighted by Gasteiger charge is 2.41. The first-order chi connectivity index (χ1) is 16.0. The Morgan fingerprint density at radius 2 is 1.79 bits per heavy atom. The van der Waals surface area contributed by atoms with Crippen LogP contribution in [-0.2, 0) is 6.54 Å².